The first-order chi connectivity index (χ1) is 11.6. The molecule has 0 amide bonds. The second kappa shape index (κ2) is 4.73. The molecule has 5 atom stereocenters. The number of hydrogen-bond acceptors (Lipinski definition) is 5. The Hall–Kier alpha value is -1.59. The van der Waals surface area contributed by atoms with Gasteiger partial charge in [0.25, 0.3) is 0 Å². The van der Waals surface area contributed by atoms with Crippen LogP contribution in [0.2, 0.25) is 0 Å². The number of piperidine rings is 1. The molecule has 4 aliphatic rings. The number of hydrogen-bond donors (Lipinski definition) is 0. The summed E-state index contributed by atoms with van der Waals surface area (Å²) in [6.07, 6.45) is 1.96. The average molecular weight is 329 g/mol. The zero-order valence-electron chi connectivity index (χ0n) is 14.4. The predicted octanol–water partition coefficient (Wildman–Crippen LogP) is 1.56. The Morgan fingerprint density at radius 1 is 1.29 bits per heavy atom. The van der Waals surface area contributed by atoms with Crippen LogP contribution >= 0.6 is 0 Å². The van der Waals surface area contributed by atoms with Crippen LogP contribution in [-0.4, -0.2) is 56.7 Å². The van der Waals surface area contributed by atoms with Gasteiger partial charge < -0.3 is 19.1 Å². The molecular weight excluding hydrogens is 306 g/mol. The molecule has 2 heterocycles. The number of benzene rings is 1. The van der Waals surface area contributed by atoms with Gasteiger partial charge in [-0.15, -0.1) is 0 Å². The number of likely N-dealkylation sites (tertiary alicyclic amines) is 1. The Kier molecular flexibility index (Phi) is 2.90. The van der Waals surface area contributed by atoms with Crippen molar-refractivity contribution in [3.8, 4) is 11.5 Å². The SMILES string of the molecule is COc1ccc2c3c1O[C@H]1C(=O)C[C@@H](OC)C4[C@@H](C2)N(C)CC[C@@]341. The molecule has 5 rings (SSSR count). The van der Waals surface area contributed by atoms with Gasteiger partial charge in [-0.25, -0.2) is 0 Å². The maximum absolute atomic E-state index is 12.9. The number of carbonyl (C=O) groups excluding carboxylic acids is 1. The highest BCUT2D eigenvalue weighted by Crippen LogP contribution is 2.63. The molecule has 24 heavy (non-hydrogen) atoms. The highest BCUT2D eigenvalue weighted by atomic mass is 16.5. The van der Waals surface area contributed by atoms with Crippen LogP contribution in [0.4, 0.5) is 0 Å². The number of rotatable bonds is 2. The van der Waals surface area contributed by atoms with E-state index in [-0.39, 0.29) is 23.4 Å². The van der Waals surface area contributed by atoms with Crippen molar-refractivity contribution in [2.45, 2.75) is 42.9 Å². The molecular formula is C19H23NO4. The van der Waals surface area contributed by atoms with Gasteiger partial charge in [-0.1, -0.05) is 6.07 Å². The first kappa shape index (κ1) is 14.7. The minimum absolute atomic E-state index is 0.0320. The Bertz CT molecular complexity index is 732. The van der Waals surface area contributed by atoms with Crippen molar-refractivity contribution in [1.29, 1.82) is 0 Å². The van der Waals surface area contributed by atoms with Crippen LogP contribution in [0.5, 0.6) is 11.5 Å². The molecule has 0 N–H and O–H groups in total. The van der Waals surface area contributed by atoms with E-state index in [1.165, 1.54) is 11.1 Å². The van der Waals surface area contributed by atoms with Gasteiger partial charge in [0.05, 0.1) is 18.6 Å². The Labute approximate surface area is 141 Å². The number of methoxy groups -OCH3 is 2. The number of ether oxygens (including phenoxy) is 3. The van der Waals surface area contributed by atoms with E-state index in [2.05, 4.69) is 18.0 Å². The van der Waals surface area contributed by atoms with Crippen molar-refractivity contribution in [3.05, 3.63) is 23.3 Å². The van der Waals surface area contributed by atoms with Crippen LogP contribution in [0.3, 0.4) is 0 Å². The van der Waals surface area contributed by atoms with E-state index in [4.69, 9.17) is 14.2 Å². The second-order valence-corrected chi connectivity index (χ2v) is 7.64. The van der Waals surface area contributed by atoms with Gasteiger partial charge in [-0.3, -0.25) is 4.79 Å². The molecule has 2 aliphatic carbocycles. The lowest BCUT2D eigenvalue weighted by Crippen LogP contribution is -2.69. The lowest BCUT2D eigenvalue weighted by molar-refractivity contribution is -0.154. The van der Waals surface area contributed by atoms with Gasteiger partial charge in [0.15, 0.2) is 23.4 Å². The highest BCUT2D eigenvalue weighted by molar-refractivity contribution is 5.89. The average Bonchev–Trinajstić information content (AvgIpc) is 2.94. The topological polar surface area (TPSA) is 48.0 Å². The van der Waals surface area contributed by atoms with Crippen molar-refractivity contribution < 1.29 is 19.0 Å². The van der Waals surface area contributed by atoms with Gasteiger partial charge in [-0.2, -0.15) is 0 Å². The van der Waals surface area contributed by atoms with Crippen LogP contribution in [0.25, 0.3) is 0 Å². The van der Waals surface area contributed by atoms with Gasteiger partial charge in [0.1, 0.15) is 0 Å². The highest BCUT2D eigenvalue weighted by Gasteiger charge is 2.68. The fourth-order valence-electron chi connectivity index (χ4n) is 5.93. The summed E-state index contributed by atoms with van der Waals surface area (Å²) < 4.78 is 17.7. The second-order valence-electron chi connectivity index (χ2n) is 7.64. The maximum atomic E-state index is 12.9. The van der Waals surface area contributed by atoms with Gasteiger partial charge in [-0.05, 0) is 38.1 Å². The van der Waals surface area contributed by atoms with Crippen molar-refractivity contribution in [2.75, 3.05) is 27.8 Å². The molecule has 1 spiro atoms. The summed E-state index contributed by atoms with van der Waals surface area (Å²) in [6, 6.07) is 4.54. The lowest BCUT2D eigenvalue weighted by atomic mass is 9.51. The van der Waals surface area contributed by atoms with E-state index in [1.54, 1.807) is 14.2 Å². The summed E-state index contributed by atoms with van der Waals surface area (Å²) in [7, 11) is 5.60. The summed E-state index contributed by atoms with van der Waals surface area (Å²) in [5.74, 6) is 2.02. The number of ketones is 1. The maximum Gasteiger partial charge on any atom is 0.176 e. The van der Waals surface area contributed by atoms with E-state index in [1.807, 2.05) is 6.07 Å². The van der Waals surface area contributed by atoms with Crippen LogP contribution in [0.1, 0.15) is 24.0 Å². The zero-order valence-corrected chi connectivity index (χ0v) is 14.4. The van der Waals surface area contributed by atoms with E-state index >= 15 is 0 Å². The van der Waals surface area contributed by atoms with Crippen LogP contribution < -0.4 is 9.47 Å². The molecule has 128 valence electrons. The summed E-state index contributed by atoms with van der Waals surface area (Å²) in [5.41, 5.74) is 2.30. The van der Waals surface area contributed by atoms with Crippen molar-refractivity contribution in [1.82, 2.24) is 4.90 Å². The summed E-state index contributed by atoms with van der Waals surface area (Å²) >= 11 is 0. The Morgan fingerprint density at radius 2 is 2.12 bits per heavy atom. The van der Waals surface area contributed by atoms with Gasteiger partial charge in [0.2, 0.25) is 0 Å². The predicted molar refractivity (Wildman–Crippen MR) is 87.7 cm³/mol. The standard InChI is InChI=1S/C19H23NO4/c1-20-7-6-19-15-10-4-5-13(22-2)17(15)24-18(19)12(21)9-14(23-3)16(19)11(20)8-10/h4-5,11,14,16,18H,6-9H2,1-3H3/t11-,14-,16?,18+,19-/m1/s1. The largest absolute Gasteiger partial charge is 0.493 e. The molecule has 0 radical (unpaired) electrons. The third-order valence-corrected chi connectivity index (χ3v) is 6.88. The van der Waals surface area contributed by atoms with Crippen molar-refractivity contribution in [2.24, 2.45) is 5.92 Å². The smallest absolute Gasteiger partial charge is 0.176 e. The monoisotopic (exact) mass is 329 g/mol. The molecule has 1 aromatic rings. The fraction of sp³-hybridized carbons (Fsp3) is 0.632. The molecule has 2 bridgehead atoms. The lowest BCUT2D eigenvalue weighted by Gasteiger charge is -2.58. The fourth-order valence-corrected chi connectivity index (χ4v) is 5.93. The van der Waals surface area contributed by atoms with E-state index in [0.29, 0.717) is 18.4 Å². The minimum atomic E-state index is -0.379. The third kappa shape index (κ3) is 1.51. The van der Waals surface area contributed by atoms with Crippen molar-refractivity contribution in [3.63, 3.8) is 0 Å². The first-order valence-corrected chi connectivity index (χ1v) is 8.74. The van der Waals surface area contributed by atoms with Crippen LogP contribution in [0, 0.1) is 5.92 Å². The summed E-state index contributed by atoms with van der Waals surface area (Å²) in [4.78, 5) is 15.4. The number of likely N-dealkylation sites (N-methyl/N-ethyl adjacent to an activating group) is 1. The Morgan fingerprint density at radius 3 is 2.88 bits per heavy atom. The molecule has 1 saturated carbocycles. The summed E-state index contributed by atoms with van der Waals surface area (Å²) in [5, 5.41) is 0. The zero-order chi connectivity index (χ0) is 16.6. The number of carbonyl (C=O) groups is 1. The molecule has 1 aromatic carbocycles. The van der Waals surface area contributed by atoms with Crippen molar-refractivity contribution >= 4 is 5.78 Å². The molecule has 2 fully saturated rings. The normalized spacial score (nSPS) is 39.4. The van der Waals surface area contributed by atoms with Crippen LogP contribution in [0.15, 0.2) is 12.1 Å². The first-order valence-electron chi connectivity index (χ1n) is 8.74. The van der Waals surface area contributed by atoms with E-state index in [0.717, 1.165) is 30.9 Å². The van der Waals surface area contributed by atoms with E-state index < -0.39 is 0 Å². The Balaban J connectivity index is 1.81. The minimum Gasteiger partial charge on any atom is -0.493 e. The number of nitrogens with zero attached hydrogens (tertiary/aromatic N) is 1. The summed E-state index contributed by atoms with van der Waals surface area (Å²) in [6.45, 7) is 0.987. The molecule has 5 nitrogen and oxygen atoms in total. The number of Topliss-reactive ketones (excluding diaryl/α,β-unsaturated/α-hetero) is 1. The third-order valence-electron chi connectivity index (χ3n) is 6.88. The van der Waals surface area contributed by atoms with Gasteiger partial charge >= 0.3 is 0 Å². The van der Waals surface area contributed by atoms with Crippen LogP contribution in [-0.2, 0) is 21.4 Å². The van der Waals surface area contributed by atoms with Gasteiger partial charge in [0, 0.05) is 31.1 Å². The molecule has 0 aromatic heterocycles. The molecule has 1 saturated heterocycles. The molecule has 2 aliphatic heterocycles. The van der Waals surface area contributed by atoms with E-state index in [9.17, 15) is 4.79 Å². The molecule has 1 unspecified atom stereocenters. The molecule has 5 heteroatoms. The quantitative estimate of drug-likeness (QED) is 0.824.